The molecule has 1 heterocycles. The Morgan fingerprint density at radius 2 is 1.36 bits per heavy atom. The number of rotatable bonds is 3. The van der Waals surface area contributed by atoms with Gasteiger partial charge in [-0.1, -0.05) is 0 Å². The molecule has 1 aliphatic heterocycles. The van der Waals surface area contributed by atoms with E-state index in [4.69, 9.17) is 4.74 Å². The van der Waals surface area contributed by atoms with Gasteiger partial charge >= 0.3 is 5.97 Å². The standard InChI is InChI=1S/C22H18O11/c23-8-3-12(24)9-5-10(17-11(22(31)32)6-15(27)19(29)20(17)30)21(33-16(9)4-8)7-1-13(25)18(28)14(26)2-7/h1-4,6,10,21,23-30H,5H2,(H,31,32)/t10?,21-/m0/s1. The normalized spacial score (nSPS) is 17.2. The summed E-state index contributed by atoms with van der Waals surface area (Å²) in [5.41, 5.74) is -0.752. The van der Waals surface area contributed by atoms with Crippen LogP contribution in [0.25, 0.3) is 0 Å². The van der Waals surface area contributed by atoms with Crippen LogP contribution in [0.5, 0.6) is 51.7 Å². The molecule has 0 aromatic heterocycles. The fraction of sp³-hybridized carbons (Fsp3) is 0.136. The van der Waals surface area contributed by atoms with Gasteiger partial charge in [0, 0.05) is 34.7 Å². The van der Waals surface area contributed by atoms with Crippen LogP contribution >= 0.6 is 0 Å². The minimum Gasteiger partial charge on any atom is -0.508 e. The molecule has 33 heavy (non-hydrogen) atoms. The van der Waals surface area contributed by atoms with Crippen LogP contribution in [0.4, 0.5) is 0 Å². The van der Waals surface area contributed by atoms with E-state index in [0.29, 0.717) is 0 Å². The zero-order valence-corrected chi connectivity index (χ0v) is 16.6. The Hall–Kier alpha value is -4.67. The number of carboxylic acids is 1. The Labute approximate surface area is 184 Å². The lowest BCUT2D eigenvalue weighted by atomic mass is 9.79. The number of phenols is 8. The second kappa shape index (κ2) is 7.48. The van der Waals surface area contributed by atoms with Crippen LogP contribution in [0.2, 0.25) is 0 Å². The topological polar surface area (TPSA) is 208 Å². The van der Waals surface area contributed by atoms with Gasteiger partial charge in [0.05, 0.1) is 5.56 Å². The molecule has 4 rings (SSSR count). The Bertz CT molecular complexity index is 1280. The number of hydrogen-bond donors (Lipinski definition) is 9. The van der Waals surface area contributed by atoms with Gasteiger partial charge in [0.25, 0.3) is 0 Å². The molecule has 0 bridgehead atoms. The molecule has 0 radical (unpaired) electrons. The average molecular weight is 458 g/mol. The minimum atomic E-state index is -1.55. The number of phenolic OH excluding ortho intramolecular Hbond substituents is 8. The number of aromatic carboxylic acids is 1. The summed E-state index contributed by atoms with van der Waals surface area (Å²) < 4.78 is 5.88. The quantitative estimate of drug-likeness (QED) is 0.260. The summed E-state index contributed by atoms with van der Waals surface area (Å²) in [7, 11) is 0. The summed E-state index contributed by atoms with van der Waals surface area (Å²) >= 11 is 0. The predicted molar refractivity (Wildman–Crippen MR) is 109 cm³/mol. The SMILES string of the molecule is O=C(O)c1cc(O)c(O)c(O)c1C1Cc2c(O)cc(O)cc2O[C@H]1c1cc(O)c(O)c(O)c1. The fourth-order valence-electron chi connectivity index (χ4n) is 4.03. The highest BCUT2D eigenvalue weighted by Gasteiger charge is 2.40. The number of hydrogen-bond acceptors (Lipinski definition) is 10. The lowest BCUT2D eigenvalue weighted by molar-refractivity contribution is 0.0691. The van der Waals surface area contributed by atoms with Gasteiger partial charge in [-0.2, -0.15) is 0 Å². The minimum absolute atomic E-state index is 0.000157. The van der Waals surface area contributed by atoms with E-state index < -0.39 is 58.1 Å². The maximum Gasteiger partial charge on any atom is 0.336 e. The predicted octanol–water partition coefficient (Wildman–Crippen LogP) is 2.49. The summed E-state index contributed by atoms with van der Waals surface area (Å²) in [5, 5.41) is 89.9. The van der Waals surface area contributed by atoms with E-state index >= 15 is 0 Å². The largest absolute Gasteiger partial charge is 0.508 e. The molecule has 172 valence electrons. The average Bonchev–Trinajstić information content (AvgIpc) is 2.74. The van der Waals surface area contributed by atoms with Gasteiger partial charge in [-0.05, 0) is 24.6 Å². The van der Waals surface area contributed by atoms with Crippen molar-refractivity contribution in [1.29, 1.82) is 0 Å². The van der Waals surface area contributed by atoms with E-state index in [1.165, 1.54) is 6.07 Å². The van der Waals surface area contributed by atoms with E-state index in [9.17, 15) is 50.8 Å². The number of carboxylic acid groups (broad SMARTS) is 1. The van der Waals surface area contributed by atoms with E-state index in [0.717, 1.165) is 24.3 Å². The Morgan fingerprint density at radius 1 is 0.758 bits per heavy atom. The van der Waals surface area contributed by atoms with E-state index in [2.05, 4.69) is 0 Å². The van der Waals surface area contributed by atoms with Crippen molar-refractivity contribution in [2.45, 2.75) is 18.4 Å². The maximum atomic E-state index is 11.9. The molecule has 0 aliphatic carbocycles. The second-order valence-electron chi connectivity index (χ2n) is 7.56. The van der Waals surface area contributed by atoms with Gasteiger partial charge in [0.2, 0.25) is 5.75 Å². The second-order valence-corrected chi connectivity index (χ2v) is 7.56. The third-order valence-electron chi connectivity index (χ3n) is 5.53. The summed E-state index contributed by atoms with van der Waals surface area (Å²) in [4.78, 5) is 11.9. The zero-order valence-electron chi connectivity index (χ0n) is 16.6. The van der Waals surface area contributed by atoms with Crippen LogP contribution in [0.3, 0.4) is 0 Å². The highest BCUT2D eigenvalue weighted by molar-refractivity contribution is 5.92. The molecule has 0 saturated heterocycles. The molecule has 0 fully saturated rings. The molecule has 11 nitrogen and oxygen atoms in total. The van der Waals surface area contributed by atoms with Gasteiger partial charge in [0.15, 0.2) is 28.7 Å². The van der Waals surface area contributed by atoms with Crippen molar-refractivity contribution in [2.75, 3.05) is 0 Å². The first-order valence-electron chi connectivity index (χ1n) is 9.47. The maximum absolute atomic E-state index is 11.9. The number of ether oxygens (including phenoxy) is 1. The Kier molecular flexibility index (Phi) is 4.89. The van der Waals surface area contributed by atoms with Crippen molar-refractivity contribution in [3.8, 4) is 51.7 Å². The first-order chi connectivity index (χ1) is 15.5. The molecule has 11 heteroatoms. The van der Waals surface area contributed by atoms with Crippen LogP contribution in [-0.2, 0) is 6.42 Å². The van der Waals surface area contributed by atoms with Crippen LogP contribution in [0.1, 0.15) is 39.1 Å². The van der Waals surface area contributed by atoms with Crippen LogP contribution in [-0.4, -0.2) is 51.9 Å². The fourth-order valence-corrected chi connectivity index (χ4v) is 4.03. The number of carbonyl (C=O) groups is 1. The van der Waals surface area contributed by atoms with Crippen molar-refractivity contribution >= 4 is 5.97 Å². The number of benzene rings is 3. The third kappa shape index (κ3) is 3.45. The molecule has 2 atom stereocenters. The third-order valence-corrected chi connectivity index (χ3v) is 5.53. The molecular formula is C22H18O11. The van der Waals surface area contributed by atoms with Gasteiger partial charge in [-0.3, -0.25) is 0 Å². The van der Waals surface area contributed by atoms with Crippen molar-refractivity contribution in [1.82, 2.24) is 0 Å². The van der Waals surface area contributed by atoms with Crippen LogP contribution in [0, 0.1) is 0 Å². The number of fused-ring (bicyclic) bond motifs is 1. The summed E-state index contributed by atoms with van der Waals surface area (Å²) in [5.74, 6) is -8.47. The summed E-state index contributed by atoms with van der Waals surface area (Å²) in [6, 6.07) is 5.03. The molecule has 3 aromatic carbocycles. The molecule has 0 saturated carbocycles. The lowest BCUT2D eigenvalue weighted by Crippen LogP contribution is -2.26. The van der Waals surface area contributed by atoms with Crippen molar-refractivity contribution in [3.05, 3.63) is 52.6 Å². The van der Waals surface area contributed by atoms with Crippen molar-refractivity contribution in [3.63, 3.8) is 0 Å². The van der Waals surface area contributed by atoms with E-state index in [1.54, 1.807) is 0 Å². The van der Waals surface area contributed by atoms with Gasteiger partial charge in [-0.15, -0.1) is 0 Å². The molecule has 1 aliphatic rings. The molecule has 1 unspecified atom stereocenters. The number of aromatic hydroxyl groups is 8. The van der Waals surface area contributed by atoms with E-state index in [-0.39, 0.29) is 40.4 Å². The molecule has 3 aromatic rings. The summed E-state index contributed by atoms with van der Waals surface area (Å²) in [6.07, 6.45) is -1.45. The van der Waals surface area contributed by atoms with Crippen LogP contribution in [0.15, 0.2) is 30.3 Å². The Balaban J connectivity index is 2.00. The van der Waals surface area contributed by atoms with Crippen molar-refractivity contribution in [2.24, 2.45) is 0 Å². The van der Waals surface area contributed by atoms with Gasteiger partial charge < -0.3 is 50.7 Å². The molecular weight excluding hydrogens is 440 g/mol. The van der Waals surface area contributed by atoms with E-state index in [1.807, 2.05) is 0 Å². The molecule has 0 amide bonds. The smallest absolute Gasteiger partial charge is 0.336 e. The monoisotopic (exact) mass is 458 g/mol. The molecule has 9 N–H and O–H groups in total. The van der Waals surface area contributed by atoms with Crippen LogP contribution < -0.4 is 4.74 Å². The first kappa shape index (κ1) is 21.6. The van der Waals surface area contributed by atoms with Crippen molar-refractivity contribution < 1.29 is 55.5 Å². The van der Waals surface area contributed by atoms with Gasteiger partial charge in [0.1, 0.15) is 23.4 Å². The highest BCUT2D eigenvalue weighted by Crippen LogP contribution is 2.54. The first-order valence-corrected chi connectivity index (χ1v) is 9.47. The lowest BCUT2D eigenvalue weighted by Gasteiger charge is -2.35. The Morgan fingerprint density at radius 3 is 1.97 bits per heavy atom. The summed E-state index contributed by atoms with van der Waals surface area (Å²) in [6.45, 7) is 0. The molecule has 0 spiro atoms. The zero-order chi connectivity index (χ0) is 24.2. The van der Waals surface area contributed by atoms with Gasteiger partial charge in [-0.25, -0.2) is 4.79 Å². The highest BCUT2D eigenvalue weighted by atomic mass is 16.5.